The summed E-state index contributed by atoms with van der Waals surface area (Å²) in [5.41, 5.74) is 6.27. The number of carbonyl (C=O) groups is 1. The lowest BCUT2D eigenvalue weighted by Gasteiger charge is -2.07. The predicted octanol–water partition coefficient (Wildman–Crippen LogP) is 3.36. The number of methoxy groups -OCH3 is 1. The van der Waals surface area contributed by atoms with Crippen molar-refractivity contribution in [1.29, 1.82) is 0 Å². The highest BCUT2D eigenvalue weighted by Gasteiger charge is 2.08. The molecule has 0 spiro atoms. The third-order valence-electron chi connectivity index (χ3n) is 3.52. The molecule has 2 aromatic rings. The molecule has 0 aromatic heterocycles. The molecule has 2 aromatic carbocycles. The van der Waals surface area contributed by atoms with Crippen LogP contribution < -0.4 is 10.2 Å². The van der Waals surface area contributed by atoms with Gasteiger partial charge in [0, 0.05) is 0 Å². The fourth-order valence-electron chi connectivity index (χ4n) is 2.26. The first kappa shape index (κ1) is 17.8. The molecule has 2 rings (SSSR count). The number of rotatable bonds is 5. The van der Waals surface area contributed by atoms with Crippen molar-refractivity contribution in [2.24, 2.45) is 5.10 Å². The summed E-state index contributed by atoms with van der Waals surface area (Å²) in [6.07, 6.45) is 1.69. The zero-order valence-corrected chi connectivity index (χ0v) is 14.5. The number of amides is 1. The van der Waals surface area contributed by atoms with E-state index in [1.54, 1.807) is 6.07 Å². The second kappa shape index (κ2) is 7.84. The second-order valence-corrected chi connectivity index (χ2v) is 5.86. The number of halogens is 1. The minimum atomic E-state index is -0.213. The van der Waals surface area contributed by atoms with Crippen molar-refractivity contribution < 1.29 is 14.6 Å². The number of benzene rings is 2. The highest BCUT2D eigenvalue weighted by atomic mass is 35.5. The Morgan fingerprint density at radius 3 is 2.75 bits per heavy atom. The number of nitrogens with one attached hydrogen (secondary N) is 1. The number of hydrogen-bond donors (Lipinski definition) is 2. The zero-order valence-electron chi connectivity index (χ0n) is 13.8. The van der Waals surface area contributed by atoms with Gasteiger partial charge in [-0.25, -0.2) is 5.43 Å². The maximum absolute atomic E-state index is 12.0. The molecule has 24 heavy (non-hydrogen) atoms. The van der Waals surface area contributed by atoms with E-state index in [2.05, 4.69) is 10.5 Å². The van der Waals surface area contributed by atoms with Gasteiger partial charge < -0.3 is 9.84 Å². The van der Waals surface area contributed by atoms with Crippen molar-refractivity contribution in [3.63, 3.8) is 0 Å². The van der Waals surface area contributed by atoms with E-state index in [0.717, 1.165) is 16.7 Å². The number of phenols is 1. The van der Waals surface area contributed by atoms with E-state index in [9.17, 15) is 9.90 Å². The smallest absolute Gasteiger partial charge is 0.244 e. The van der Waals surface area contributed by atoms with Crippen LogP contribution in [0.3, 0.4) is 0 Å². The quantitative estimate of drug-likeness (QED) is 0.644. The normalized spacial score (nSPS) is 10.8. The van der Waals surface area contributed by atoms with Gasteiger partial charge in [-0.05, 0) is 42.7 Å². The van der Waals surface area contributed by atoms with Crippen LogP contribution in [-0.4, -0.2) is 24.3 Å². The summed E-state index contributed by atoms with van der Waals surface area (Å²) < 4.78 is 5.01. The average Bonchev–Trinajstić information content (AvgIpc) is 2.53. The zero-order chi connectivity index (χ0) is 17.7. The number of hydrogen-bond acceptors (Lipinski definition) is 4. The van der Waals surface area contributed by atoms with E-state index in [4.69, 9.17) is 16.3 Å². The minimum Gasteiger partial charge on any atom is -0.503 e. The van der Waals surface area contributed by atoms with Gasteiger partial charge in [-0.1, -0.05) is 35.4 Å². The van der Waals surface area contributed by atoms with Crippen molar-refractivity contribution >= 4 is 23.7 Å². The molecule has 0 bridgehead atoms. The topological polar surface area (TPSA) is 70.9 Å². The molecule has 1 amide bonds. The molecule has 0 aliphatic rings. The largest absolute Gasteiger partial charge is 0.503 e. The van der Waals surface area contributed by atoms with Gasteiger partial charge in [0.05, 0.1) is 24.8 Å². The Morgan fingerprint density at radius 1 is 1.33 bits per heavy atom. The highest BCUT2D eigenvalue weighted by molar-refractivity contribution is 6.32. The molecule has 5 nitrogen and oxygen atoms in total. The van der Waals surface area contributed by atoms with Gasteiger partial charge in [0.25, 0.3) is 0 Å². The summed E-state index contributed by atoms with van der Waals surface area (Å²) in [6.45, 7) is 3.99. The molecule has 0 heterocycles. The lowest BCUT2D eigenvalue weighted by Crippen LogP contribution is -2.20. The first-order valence-electron chi connectivity index (χ1n) is 7.35. The van der Waals surface area contributed by atoms with Gasteiger partial charge in [0.2, 0.25) is 5.91 Å². The fourth-order valence-corrected chi connectivity index (χ4v) is 2.48. The SMILES string of the molecule is COc1cc(/C=N/NC(=O)Cc2ccc(C)cc2C)cc(Cl)c1O. The fraction of sp³-hybridized carbons (Fsp3) is 0.222. The Kier molecular flexibility index (Phi) is 5.82. The summed E-state index contributed by atoms with van der Waals surface area (Å²) in [5.74, 6) is -0.101. The van der Waals surface area contributed by atoms with Crippen molar-refractivity contribution in [2.75, 3.05) is 7.11 Å². The van der Waals surface area contributed by atoms with Gasteiger partial charge in [0.1, 0.15) is 0 Å². The molecule has 0 radical (unpaired) electrons. The highest BCUT2D eigenvalue weighted by Crippen LogP contribution is 2.34. The maximum Gasteiger partial charge on any atom is 0.244 e. The Morgan fingerprint density at radius 2 is 2.08 bits per heavy atom. The average molecular weight is 347 g/mol. The summed E-state index contributed by atoms with van der Waals surface area (Å²) in [7, 11) is 1.43. The monoisotopic (exact) mass is 346 g/mol. The number of nitrogens with zero attached hydrogens (tertiary/aromatic N) is 1. The van der Waals surface area contributed by atoms with Crippen molar-refractivity contribution in [3.05, 3.63) is 57.6 Å². The Labute approximate surface area is 145 Å². The van der Waals surface area contributed by atoms with Crippen LogP contribution in [0.15, 0.2) is 35.4 Å². The molecule has 0 saturated heterocycles. The van der Waals surface area contributed by atoms with Crippen LogP contribution in [-0.2, 0) is 11.2 Å². The molecule has 0 unspecified atom stereocenters. The molecule has 0 saturated carbocycles. The molecular formula is C18H19ClN2O3. The number of hydrazone groups is 1. The van der Waals surface area contributed by atoms with Crippen LogP contribution in [0, 0.1) is 13.8 Å². The van der Waals surface area contributed by atoms with E-state index >= 15 is 0 Å². The van der Waals surface area contributed by atoms with Crippen LogP contribution in [0.5, 0.6) is 11.5 Å². The summed E-state index contributed by atoms with van der Waals surface area (Å²) in [6, 6.07) is 9.05. The number of ether oxygens (including phenoxy) is 1. The van der Waals surface area contributed by atoms with Crippen molar-refractivity contribution in [3.8, 4) is 11.5 Å². The Hall–Kier alpha value is -2.53. The van der Waals surface area contributed by atoms with Crippen LogP contribution >= 0.6 is 11.6 Å². The number of aryl methyl sites for hydroxylation is 2. The molecule has 6 heteroatoms. The molecule has 126 valence electrons. The van der Waals surface area contributed by atoms with Crippen molar-refractivity contribution in [1.82, 2.24) is 5.43 Å². The molecule has 0 fully saturated rings. The third kappa shape index (κ3) is 4.49. The Bertz CT molecular complexity index is 788. The number of phenolic OH excluding ortho intramolecular Hbond substituents is 1. The van der Waals surface area contributed by atoms with Gasteiger partial charge >= 0.3 is 0 Å². The Balaban J connectivity index is 2.01. The lowest BCUT2D eigenvalue weighted by atomic mass is 10.0. The van der Waals surface area contributed by atoms with E-state index in [1.165, 1.54) is 19.4 Å². The number of aromatic hydroxyl groups is 1. The van der Waals surface area contributed by atoms with Crippen LogP contribution in [0.4, 0.5) is 0 Å². The van der Waals surface area contributed by atoms with Crippen LogP contribution in [0.1, 0.15) is 22.3 Å². The lowest BCUT2D eigenvalue weighted by molar-refractivity contribution is -0.120. The van der Waals surface area contributed by atoms with Crippen molar-refractivity contribution in [2.45, 2.75) is 20.3 Å². The first-order chi connectivity index (χ1) is 11.4. The molecular weight excluding hydrogens is 328 g/mol. The molecule has 0 atom stereocenters. The van der Waals surface area contributed by atoms with Gasteiger partial charge in [-0.15, -0.1) is 0 Å². The van der Waals surface area contributed by atoms with Gasteiger partial charge in [-0.2, -0.15) is 5.10 Å². The molecule has 0 aliphatic heterocycles. The van der Waals surface area contributed by atoms with E-state index in [-0.39, 0.29) is 28.8 Å². The molecule has 2 N–H and O–H groups in total. The minimum absolute atomic E-state index is 0.129. The summed E-state index contributed by atoms with van der Waals surface area (Å²) in [5, 5.41) is 13.7. The predicted molar refractivity (Wildman–Crippen MR) is 95.0 cm³/mol. The second-order valence-electron chi connectivity index (χ2n) is 5.45. The molecule has 0 aliphatic carbocycles. The van der Waals surface area contributed by atoms with E-state index in [0.29, 0.717) is 5.56 Å². The van der Waals surface area contributed by atoms with Gasteiger partial charge in [0.15, 0.2) is 11.5 Å². The van der Waals surface area contributed by atoms with E-state index in [1.807, 2.05) is 32.0 Å². The summed E-state index contributed by atoms with van der Waals surface area (Å²) in [4.78, 5) is 12.0. The first-order valence-corrected chi connectivity index (χ1v) is 7.73. The van der Waals surface area contributed by atoms with E-state index < -0.39 is 0 Å². The van der Waals surface area contributed by atoms with Crippen LogP contribution in [0.25, 0.3) is 0 Å². The maximum atomic E-state index is 12.0. The van der Waals surface area contributed by atoms with Crippen LogP contribution in [0.2, 0.25) is 5.02 Å². The summed E-state index contributed by atoms with van der Waals surface area (Å²) >= 11 is 5.90. The standard InChI is InChI=1S/C18H19ClN2O3/c1-11-4-5-14(12(2)6-11)9-17(22)21-20-10-13-7-15(19)18(23)16(8-13)24-3/h4-8,10,23H,9H2,1-3H3,(H,21,22)/b20-10+. The van der Waals surface area contributed by atoms with Gasteiger partial charge in [-0.3, -0.25) is 4.79 Å². The number of carbonyl (C=O) groups excluding carboxylic acids is 1. The third-order valence-corrected chi connectivity index (χ3v) is 3.81.